The average molecular weight is 271 g/mol. The Labute approximate surface area is 110 Å². The Hall–Kier alpha value is -1.62. The van der Waals surface area contributed by atoms with E-state index in [0.29, 0.717) is 28.3 Å². The molecule has 1 aromatic rings. The van der Waals surface area contributed by atoms with Crippen molar-refractivity contribution in [2.75, 3.05) is 19.5 Å². The van der Waals surface area contributed by atoms with Crippen molar-refractivity contribution in [1.82, 2.24) is 5.32 Å². The minimum absolute atomic E-state index is 0.253. The van der Waals surface area contributed by atoms with E-state index < -0.39 is 0 Å². The Morgan fingerprint density at radius 2 is 1.94 bits per heavy atom. The molecule has 2 amide bonds. The topological polar surface area (TPSA) is 59.6 Å². The molecule has 0 unspecified atom stereocenters. The highest BCUT2D eigenvalue weighted by atomic mass is 35.5. The number of amides is 2. The van der Waals surface area contributed by atoms with E-state index >= 15 is 0 Å². The number of urea groups is 1. The monoisotopic (exact) mass is 270 g/mol. The average Bonchev–Trinajstić information content (AvgIpc) is 3.13. The third kappa shape index (κ3) is 2.98. The van der Waals surface area contributed by atoms with Crippen LogP contribution in [0.1, 0.15) is 12.8 Å². The van der Waals surface area contributed by atoms with Crippen LogP contribution >= 0.6 is 11.6 Å². The molecule has 1 fully saturated rings. The first-order valence-corrected chi connectivity index (χ1v) is 6.01. The molecule has 98 valence electrons. The predicted molar refractivity (Wildman–Crippen MR) is 69.7 cm³/mol. The molecule has 1 aliphatic carbocycles. The molecular formula is C12H15ClN2O3. The van der Waals surface area contributed by atoms with Crippen molar-refractivity contribution in [3.8, 4) is 11.5 Å². The highest BCUT2D eigenvalue weighted by Crippen LogP contribution is 2.35. The Kier molecular flexibility index (Phi) is 3.81. The van der Waals surface area contributed by atoms with Gasteiger partial charge in [0.1, 0.15) is 11.5 Å². The minimum Gasteiger partial charge on any atom is -0.495 e. The normalized spacial score (nSPS) is 13.9. The molecule has 2 rings (SSSR count). The number of carbonyl (C=O) groups is 1. The standard InChI is InChI=1S/C12H15ClN2O3/c1-17-10-6-11(18-2)9(5-8(10)13)15-12(16)14-7-3-4-7/h5-7H,3-4H2,1-2H3,(H2,14,15,16). The lowest BCUT2D eigenvalue weighted by Crippen LogP contribution is -2.30. The van der Waals surface area contributed by atoms with Crippen LogP contribution < -0.4 is 20.1 Å². The number of ether oxygens (including phenoxy) is 2. The number of hydrogen-bond donors (Lipinski definition) is 2. The number of benzene rings is 1. The molecule has 0 aliphatic heterocycles. The number of methoxy groups -OCH3 is 2. The predicted octanol–water partition coefficient (Wildman–Crippen LogP) is 2.64. The maximum Gasteiger partial charge on any atom is 0.319 e. The maximum absolute atomic E-state index is 11.6. The molecule has 1 aliphatic rings. The van der Waals surface area contributed by atoms with E-state index in [-0.39, 0.29) is 6.03 Å². The lowest BCUT2D eigenvalue weighted by Gasteiger charge is -2.13. The summed E-state index contributed by atoms with van der Waals surface area (Å²) in [4.78, 5) is 11.6. The van der Waals surface area contributed by atoms with Crippen molar-refractivity contribution in [1.29, 1.82) is 0 Å². The molecule has 6 heteroatoms. The van der Waals surface area contributed by atoms with Gasteiger partial charge in [0.05, 0.1) is 24.9 Å². The van der Waals surface area contributed by atoms with Crippen LogP contribution in [0.3, 0.4) is 0 Å². The van der Waals surface area contributed by atoms with E-state index in [9.17, 15) is 4.79 Å². The zero-order valence-corrected chi connectivity index (χ0v) is 11.0. The summed E-state index contributed by atoms with van der Waals surface area (Å²) in [5.41, 5.74) is 0.515. The maximum atomic E-state index is 11.6. The fraction of sp³-hybridized carbons (Fsp3) is 0.417. The second-order valence-electron chi connectivity index (χ2n) is 4.06. The third-order valence-electron chi connectivity index (χ3n) is 2.63. The van der Waals surface area contributed by atoms with Crippen molar-refractivity contribution in [2.24, 2.45) is 0 Å². The van der Waals surface area contributed by atoms with Gasteiger partial charge in [0.15, 0.2) is 0 Å². The van der Waals surface area contributed by atoms with Gasteiger partial charge in [-0.1, -0.05) is 11.6 Å². The fourth-order valence-corrected chi connectivity index (χ4v) is 1.77. The number of halogens is 1. The third-order valence-corrected chi connectivity index (χ3v) is 2.93. The minimum atomic E-state index is -0.253. The molecule has 5 nitrogen and oxygen atoms in total. The van der Waals surface area contributed by atoms with Crippen molar-refractivity contribution < 1.29 is 14.3 Å². The lowest BCUT2D eigenvalue weighted by molar-refractivity contribution is 0.251. The van der Waals surface area contributed by atoms with E-state index in [4.69, 9.17) is 21.1 Å². The van der Waals surface area contributed by atoms with Crippen LogP contribution in [0.5, 0.6) is 11.5 Å². The van der Waals surface area contributed by atoms with Gasteiger partial charge in [0, 0.05) is 12.1 Å². The number of nitrogens with one attached hydrogen (secondary N) is 2. The zero-order chi connectivity index (χ0) is 13.1. The van der Waals surface area contributed by atoms with Crippen LogP contribution in [-0.4, -0.2) is 26.3 Å². The number of anilines is 1. The summed E-state index contributed by atoms with van der Waals surface area (Å²) in [5.74, 6) is 1.00. The quantitative estimate of drug-likeness (QED) is 0.884. The molecule has 0 atom stereocenters. The first-order valence-electron chi connectivity index (χ1n) is 5.63. The number of rotatable bonds is 4. The molecule has 0 saturated heterocycles. The zero-order valence-electron chi connectivity index (χ0n) is 10.2. The molecule has 1 saturated carbocycles. The van der Waals surface area contributed by atoms with Gasteiger partial charge in [-0.3, -0.25) is 0 Å². The van der Waals surface area contributed by atoms with Crippen LogP contribution in [0.15, 0.2) is 12.1 Å². The Morgan fingerprint density at radius 1 is 1.28 bits per heavy atom. The molecule has 1 aromatic carbocycles. The summed E-state index contributed by atoms with van der Waals surface area (Å²) in [5, 5.41) is 5.95. The van der Waals surface area contributed by atoms with Crippen LogP contribution in [0.25, 0.3) is 0 Å². The molecule has 0 heterocycles. The Bertz CT molecular complexity index is 461. The number of carbonyl (C=O) groups excluding carboxylic acids is 1. The largest absolute Gasteiger partial charge is 0.495 e. The first kappa shape index (κ1) is 12.8. The highest BCUT2D eigenvalue weighted by molar-refractivity contribution is 6.32. The summed E-state index contributed by atoms with van der Waals surface area (Å²) in [7, 11) is 3.04. The summed E-state index contributed by atoms with van der Waals surface area (Å²) < 4.78 is 10.3. The van der Waals surface area contributed by atoms with Crippen LogP contribution in [0.2, 0.25) is 5.02 Å². The molecule has 0 aromatic heterocycles. The molecular weight excluding hydrogens is 256 g/mol. The van der Waals surface area contributed by atoms with Gasteiger partial charge in [0.25, 0.3) is 0 Å². The molecule has 0 radical (unpaired) electrons. The molecule has 2 N–H and O–H groups in total. The van der Waals surface area contributed by atoms with E-state index in [2.05, 4.69) is 10.6 Å². The van der Waals surface area contributed by atoms with Gasteiger partial charge in [-0.2, -0.15) is 0 Å². The van der Waals surface area contributed by atoms with Gasteiger partial charge in [-0.05, 0) is 18.9 Å². The van der Waals surface area contributed by atoms with Gasteiger partial charge < -0.3 is 20.1 Å². The van der Waals surface area contributed by atoms with Gasteiger partial charge in [-0.15, -0.1) is 0 Å². The summed E-state index contributed by atoms with van der Waals surface area (Å²) >= 11 is 6.01. The molecule has 18 heavy (non-hydrogen) atoms. The lowest BCUT2D eigenvalue weighted by atomic mass is 10.2. The smallest absolute Gasteiger partial charge is 0.319 e. The van der Waals surface area contributed by atoms with Crippen molar-refractivity contribution >= 4 is 23.3 Å². The van der Waals surface area contributed by atoms with E-state index in [0.717, 1.165) is 12.8 Å². The van der Waals surface area contributed by atoms with Gasteiger partial charge in [0.2, 0.25) is 0 Å². The van der Waals surface area contributed by atoms with Crippen LogP contribution in [0, 0.1) is 0 Å². The van der Waals surface area contributed by atoms with E-state index in [1.54, 1.807) is 12.1 Å². The number of hydrogen-bond acceptors (Lipinski definition) is 3. The Morgan fingerprint density at radius 3 is 2.50 bits per heavy atom. The summed E-state index contributed by atoms with van der Waals surface area (Å²) in [6.45, 7) is 0. The van der Waals surface area contributed by atoms with Crippen molar-refractivity contribution in [3.63, 3.8) is 0 Å². The van der Waals surface area contributed by atoms with Crippen molar-refractivity contribution in [2.45, 2.75) is 18.9 Å². The fourth-order valence-electron chi connectivity index (χ4n) is 1.53. The molecule has 0 spiro atoms. The highest BCUT2D eigenvalue weighted by Gasteiger charge is 2.23. The second kappa shape index (κ2) is 5.35. The van der Waals surface area contributed by atoms with Gasteiger partial charge in [-0.25, -0.2) is 4.79 Å². The summed E-state index contributed by atoms with van der Waals surface area (Å²) in [6.07, 6.45) is 2.07. The van der Waals surface area contributed by atoms with E-state index in [1.165, 1.54) is 14.2 Å². The van der Waals surface area contributed by atoms with Crippen molar-refractivity contribution in [3.05, 3.63) is 17.2 Å². The Balaban J connectivity index is 2.14. The van der Waals surface area contributed by atoms with Gasteiger partial charge >= 0.3 is 6.03 Å². The molecule has 0 bridgehead atoms. The SMILES string of the molecule is COc1cc(OC)c(NC(=O)NC2CC2)cc1Cl. The van der Waals surface area contributed by atoms with Crippen LogP contribution in [0.4, 0.5) is 10.5 Å². The first-order chi connectivity index (χ1) is 8.63. The second-order valence-corrected chi connectivity index (χ2v) is 4.47. The van der Waals surface area contributed by atoms with Crippen LogP contribution in [-0.2, 0) is 0 Å². The summed E-state index contributed by atoms with van der Waals surface area (Å²) in [6, 6.07) is 3.28. The van der Waals surface area contributed by atoms with E-state index in [1.807, 2.05) is 0 Å².